The van der Waals surface area contributed by atoms with Crippen molar-refractivity contribution in [3.63, 3.8) is 0 Å². The van der Waals surface area contributed by atoms with Crippen LogP contribution in [0.3, 0.4) is 0 Å². The van der Waals surface area contributed by atoms with E-state index in [1.165, 1.54) is 28.2 Å². The molecule has 0 spiro atoms. The lowest BCUT2D eigenvalue weighted by Gasteiger charge is -2.38. The Morgan fingerprint density at radius 1 is 0.943 bits per heavy atom. The minimum atomic E-state index is 0.815. The number of hydrogen-bond acceptors (Lipinski definition) is 5. The first-order valence-corrected chi connectivity index (χ1v) is 12.7. The second-order valence-corrected chi connectivity index (χ2v) is 9.92. The molecule has 0 N–H and O–H groups in total. The summed E-state index contributed by atoms with van der Waals surface area (Å²) in [5.41, 5.74) is 9.13. The van der Waals surface area contributed by atoms with Gasteiger partial charge in [-0.3, -0.25) is 0 Å². The molecule has 4 aromatic rings. The molecule has 0 atom stereocenters. The summed E-state index contributed by atoms with van der Waals surface area (Å²) in [6.07, 6.45) is 3.25. The van der Waals surface area contributed by atoms with Gasteiger partial charge in [-0.15, -0.1) is 0 Å². The number of rotatable bonds is 4. The molecule has 0 radical (unpaired) electrons. The first-order chi connectivity index (χ1) is 17.0. The van der Waals surface area contributed by atoms with Gasteiger partial charge in [-0.05, 0) is 68.5 Å². The molecule has 0 unspecified atom stereocenters. The molecule has 0 amide bonds. The Morgan fingerprint density at radius 2 is 1.71 bits per heavy atom. The van der Waals surface area contributed by atoms with E-state index in [1.807, 2.05) is 18.2 Å². The van der Waals surface area contributed by atoms with Gasteiger partial charge in [0.1, 0.15) is 11.6 Å². The Morgan fingerprint density at radius 3 is 2.46 bits per heavy atom. The van der Waals surface area contributed by atoms with Crippen LogP contribution in [0.5, 0.6) is 5.75 Å². The monoisotopic (exact) mass is 487 g/mol. The molecule has 1 aliphatic heterocycles. The molecule has 35 heavy (non-hydrogen) atoms. The number of aryl methyl sites for hydroxylation is 3. The van der Waals surface area contributed by atoms with Crippen molar-refractivity contribution in [2.45, 2.75) is 33.1 Å². The van der Waals surface area contributed by atoms with Gasteiger partial charge in [0.2, 0.25) is 0 Å². The second-order valence-electron chi connectivity index (χ2n) is 9.52. The van der Waals surface area contributed by atoms with Crippen LogP contribution in [-0.2, 0) is 12.8 Å². The smallest absolute Gasteiger partial charge is 0.165 e. The maximum atomic E-state index is 6.49. The van der Waals surface area contributed by atoms with Gasteiger partial charge in [-0.25, -0.2) is 4.98 Å². The third-order valence-electron chi connectivity index (χ3n) is 7.41. The number of nitrogens with zero attached hydrogens (tertiary/aromatic N) is 5. The number of ether oxygens (including phenoxy) is 1. The normalized spacial score (nSPS) is 15.7. The Balaban J connectivity index is 1.42. The van der Waals surface area contributed by atoms with Crippen molar-refractivity contribution in [1.29, 1.82) is 0 Å². The maximum Gasteiger partial charge on any atom is 0.165 e. The lowest BCUT2D eigenvalue weighted by Crippen LogP contribution is -2.47. The largest absolute Gasteiger partial charge is 0.497 e. The van der Waals surface area contributed by atoms with Crippen molar-refractivity contribution < 1.29 is 4.74 Å². The third kappa shape index (κ3) is 3.71. The fourth-order valence-corrected chi connectivity index (χ4v) is 5.92. The first kappa shape index (κ1) is 22.2. The predicted molar refractivity (Wildman–Crippen MR) is 142 cm³/mol. The molecule has 7 heteroatoms. The number of para-hydroxylation sites is 1. The van der Waals surface area contributed by atoms with Crippen LogP contribution in [0.4, 0.5) is 11.5 Å². The average molecular weight is 488 g/mol. The van der Waals surface area contributed by atoms with Crippen LogP contribution < -0.4 is 14.5 Å². The van der Waals surface area contributed by atoms with Crippen LogP contribution in [-0.4, -0.2) is 47.9 Å². The van der Waals surface area contributed by atoms with Crippen LogP contribution in [0.25, 0.3) is 16.8 Å². The van der Waals surface area contributed by atoms with Gasteiger partial charge in [-0.2, -0.15) is 9.61 Å². The summed E-state index contributed by atoms with van der Waals surface area (Å²) in [5.74, 6) is 2.09. The summed E-state index contributed by atoms with van der Waals surface area (Å²) < 4.78 is 7.55. The highest BCUT2D eigenvalue weighted by Crippen LogP contribution is 2.38. The van der Waals surface area contributed by atoms with Crippen molar-refractivity contribution in [2.75, 3.05) is 43.1 Å². The number of anilines is 2. The summed E-state index contributed by atoms with van der Waals surface area (Å²) in [4.78, 5) is 10.1. The van der Waals surface area contributed by atoms with Gasteiger partial charge in [0, 0.05) is 43.0 Å². The highest BCUT2D eigenvalue weighted by molar-refractivity contribution is 6.33. The molecular weight excluding hydrogens is 458 g/mol. The lowest BCUT2D eigenvalue weighted by atomic mass is 10.0. The van der Waals surface area contributed by atoms with E-state index in [-0.39, 0.29) is 0 Å². The minimum Gasteiger partial charge on any atom is -0.497 e. The molecule has 2 aliphatic rings. The Hall–Kier alpha value is -3.25. The fourth-order valence-electron chi connectivity index (χ4n) is 5.66. The van der Waals surface area contributed by atoms with E-state index < -0.39 is 0 Å². The number of benzene rings is 2. The maximum absolute atomic E-state index is 6.49. The van der Waals surface area contributed by atoms with E-state index in [9.17, 15) is 0 Å². The summed E-state index contributed by atoms with van der Waals surface area (Å²) in [6, 6.07) is 14.4. The van der Waals surface area contributed by atoms with E-state index in [4.69, 9.17) is 26.4 Å². The zero-order valence-electron chi connectivity index (χ0n) is 20.5. The predicted octanol–water partition coefficient (Wildman–Crippen LogP) is 5.49. The van der Waals surface area contributed by atoms with E-state index in [1.54, 1.807) is 7.11 Å². The van der Waals surface area contributed by atoms with E-state index in [0.29, 0.717) is 0 Å². The van der Waals surface area contributed by atoms with Crippen molar-refractivity contribution in [3.05, 3.63) is 70.0 Å². The van der Waals surface area contributed by atoms with Gasteiger partial charge >= 0.3 is 0 Å². The number of piperazine rings is 1. The first-order valence-electron chi connectivity index (χ1n) is 12.4. The quantitative estimate of drug-likeness (QED) is 0.381. The minimum absolute atomic E-state index is 0.815. The van der Waals surface area contributed by atoms with E-state index in [0.717, 1.165) is 78.8 Å². The lowest BCUT2D eigenvalue weighted by molar-refractivity contribution is 0.414. The SMILES string of the molecule is COc1ccc(-c2c(C)nn3c(N4CCN(c5ccccc5Cl)CC4)c4c(nc23)CCC4)c(C)c1. The highest BCUT2D eigenvalue weighted by atomic mass is 35.5. The molecule has 1 fully saturated rings. The molecule has 180 valence electrons. The van der Waals surface area contributed by atoms with E-state index in [2.05, 4.69) is 52.4 Å². The third-order valence-corrected chi connectivity index (χ3v) is 7.73. The topological polar surface area (TPSA) is 45.9 Å². The molecule has 1 saturated heterocycles. The molecule has 1 aliphatic carbocycles. The van der Waals surface area contributed by atoms with Gasteiger partial charge in [0.25, 0.3) is 0 Å². The molecule has 2 aromatic heterocycles. The molecule has 3 heterocycles. The van der Waals surface area contributed by atoms with Crippen molar-refractivity contribution >= 4 is 28.8 Å². The van der Waals surface area contributed by atoms with E-state index >= 15 is 0 Å². The Kier molecular flexibility index (Phi) is 5.56. The zero-order chi connectivity index (χ0) is 24.1. The Bertz CT molecular complexity index is 1420. The van der Waals surface area contributed by atoms with Crippen LogP contribution in [0, 0.1) is 13.8 Å². The van der Waals surface area contributed by atoms with Crippen molar-refractivity contribution in [2.24, 2.45) is 0 Å². The summed E-state index contributed by atoms with van der Waals surface area (Å²) in [6.45, 7) is 7.92. The molecule has 0 saturated carbocycles. The number of aromatic nitrogens is 3. The number of hydrogen-bond donors (Lipinski definition) is 0. The highest BCUT2D eigenvalue weighted by Gasteiger charge is 2.29. The zero-order valence-corrected chi connectivity index (χ0v) is 21.3. The standard InChI is InChI=1S/C28H30ClN5O/c1-18-17-20(35-3)11-12-21(18)26-19(2)31-34-27(26)30-24-9-6-7-22(24)28(34)33-15-13-32(14-16-33)25-10-5-4-8-23(25)29/h4-5,8,10-12,17H,6-7,9,13-16H2,1-3H3. The summed E-state index contributed by atoms with van der Waals surface area (Å²) in [7, 11) is 1.71. The number of methoxy groups -OCH3 is 1. The Labute approximate surface area is 211 Å². The second kappa shape index (κ2) is 8.76. The van der Waals surface area contributed by atoms with Crippen LogP contribution in [0.2, 0.25) is 5.02 Å². The average Bonchev–Trinajstić information content (AvgIpc) is 3.46. The van der Waals surface area contributed by atoms with Gasteiger partial charge in [-0.1, -0.05) is 29.8 Å². The van der Waals surface area contributed by atoms with Crippen LogP contribution in [0.1, 0.15) is 28.9 Å². The molecule has 6 rings (SSSR count). The molecular formula is C28H30ClN5O. The molecule has 6 nitrogen and oxygen atoms in total. The van der Waals surface area contributed by atoms with Crippen LogP contribution in [0.15, 0.2) is 42.5 Å². The number of halogens is 1. The summed E-state index contributed by atoms with van der Waals surface area (Å²) >= 11 is 6.49. The summed E-state index contributed by atoms with van der Waals surface area (Å²) in [5, 5.41) is 5.88. The van der Waals surface area contributed by atoms with Crippen molar-refractivity contribution in [3.8, 4) is 16.9 Å². The van der Waals surface area contributed by atoms with Crippen molar-refractivity contribution in [1.82, 2.24) is 14.6 Å². The number of fused-ring (bicyclic) bond motifs is 2. The van der Waals surface area contributed by atoms with Crippen LogP contribution >= 0.6 is 11.6 Å². The fraction of sp³-hybridized carbons (Fsp3) is 0.357. The molecule has 0 bridgehead atoms. The van der Waals surface area contributed by atoms with Gasteiger partial charge < -0.3 is 14.5 Å². The van der Waals surface area contributed by atoms with Gasteiger partial charge in [0.05, 0.1) is 23.5 Å². The molecule has 2 aromatic carbocycles. The van der Waals surface area contributed by atoms with Gasteiger partial charge in [0.15, 0.2) is 5.65 Å².